The lowest BCUT2D eigenvalue weighted by Gasteiger charge is -2.45. The number of nitrogens with zero attached hydrogens (tertiary/aromatic N) is 6. The molecule has 5 heterocycles. The van der Waals surface area contributed by atoms with Crippen LogP contribution in [0, 0.1) is 0 Å². The van der Waals surface area contributed by atoms with Crippen LogP contribution in [0.2, 0.25) is 0 Å². The summed E-state index contributed by atoms with van der Waals surface area (Å²) in [6.07, 6.45) is 3.95. The van der Waals surface area contributed by atoms with E-state index in [9.17, 15) is 0 Å². The lowest BCUT2D eigenvalue weighted by Crippen LogP contribution is -2.38. The van der Waals surface area contributed by atoms with Gasteiger partial charge in [-0.1, -0.05) is 170 Å². The van der Waals surface area contributed by atoms with Crippen LogP contribution in [0.1, 0.15) is 22.3 Å². The van der Waals surface area contributed by atoms with Gasteiger partial charge in [0.05, 0.1) is 50.7 Å². The molecule has 13 aromatic rings. The molecule has 0 N–H and O–H groups in total. The summed E-state index contributed by atoms with van der Waals surface area (Å²) in [4.78, 5) is 15.4. The standard InChI is InChI=1S/C65H44N6/c1-5-21-45(22-6-1)65(46-23-7-2-8-24-46)55-32-16-20-36-61(55)71(62-44-66-40-39-56(62)65)64-43-50(69-57-33-17-13-29-51(57)52-30-14-18-34-58(52)69)42-63(67-64)70-59-35-19-15-31-53(59)54-41-49(37-38-60(54)70)68(47-25-9-3-10-26-47)48-27-11-4-12-28-48/h1-44H. The molecular weight excluding hydrogens is 865 g/mol. The number of para-hydroxylation sites is 6. The van der Waals surface area contributed by atoms with Crippen LogP contribution in [0.25, 0.3) is 55.1 Å². The summed E-state index contributed by atoms with van der Waals surface area (Å²) < 4.78 is 4.75. The molecule has 4 aromatic heterocycles. The quantitative estimate of drug-likeness (QED) is 0.152. The number of hydrogen-bond donors (Lipinski definition) is 0. The van der Waals surface area contributed by atoms with Gasteiger partial charge in [0.1, 0.15) is 11.6 Å². The van der Waals surface area contributed by atoms with Crippen LogP contribution in [0.3, 0.4) is 0 Å². The van der Waals surface area contributed by atoms with E-state index in [2.05, 4.69) is 274 Å². The van der Waals surface area contributed by atoms with Crippen molar-refractivity contribution >= 4 is 77.9 Å². The van der Waals surface area contributed by atoms with Crippen LogP contribution < -0.4 is 9.80 Å². The maximum Gasteiger partial charge on any atom is 0.142 e. The molecule has 0 saturated carbocycles. The second-order valence-corrected chi connectivity index (χ2v) is 18.2. The third-order valence-electron chi connectivity index (χ3n) is 14.4. The van der Waals surface area contributed by atoms with Crippen molar-refractivity contribution in [2.45, 2.75) is 5.41 Å². The van der Waals surface area contributed by atoms with E-state index in [4.69, 9.17) is 9.97 Å². The van der Waals surface area contributed by atoms with Crippen LogP contribution in [0.5, 0.6) is 0 Å². The molecule has 334 valence electrons. The molecule has 0 unspecified atom stereocenters. The highest BCUT2D eigenvalue weighted by Gasteiger charge is 2.47. The van der Waals surface area contributed by atoms with Gasteiger partial charge in [0, 0.05) is 56.9 Å². The number of anilines is 6. The van der Waals surface area contributed by atoms with Gasteiger partial charge >= 0.3 is 0 Å². The first-order chi connectivity index (χ1) is 35.3. The lowest BCUT2D eigenvalue weighted by atomic mass is 9.62. The Hall–Kier alpha value is -9.52. The van der Waals surface area contributed by atoms with E-state index in [-0.39, 0.29) is 0 Å². The Balaban J connectivity index is 1.06. The molecule has 0 fully saturated rings. The summed E-state index contributed by atoms with van der Waals surface area (Å²) in [5, 5.41) is 4.67. The van der Waals surface area contributed by atoms with Crippen molar-refractivity contribution in [2.75, 3.05) is 9.80 Å². The van der Waals surface area contributed by atoms with Crippen molar-refractivity contribution in [3.63, 3.8) is 0 Å². The first kappa shape index (κ1) is 40.5. The zero-order valence-corrected chi connectivity index (χ0v) is 38.6. The summed E-state index contributed by atoms with van der Waals surface area (Å²) in [5.74, 6) is 1.57. The molecule has 71 heavy (non-hydrogen) atoms. The maximum atomic E-state index is 5.85. The number of rotatable bonds is 8. The van der Waals surface area contributed by atoms with Crippen LogP contribution in [-0.2, 0) is 5.41 Å². The zero-order valence-electron chi connectivity index (χ0n) is 38.6. The molecule has 0 bridgehead atoms. The monoisotopic (exact) mass is 908 g/mol. The average Bonchev–Trinajstić information content (AvgIpc) is 3.96. The Bertz CT molecular complexity index is 3940. The topological polar surface area (TPSA) is 42.1 Å². The van der Waals surface area contributed by atoms with Crippen molar-refractivity contribution in [3.05, 3.63) is 289 Å². The van der Waals surface area contributed by atoms with E-state index in [1.807, 2.05) is 12.4 Å². The van der Waals surface area contributed by atoms with Crippen LogP contribution in [0.15, 0.2) is 267 Å². The highest BCUT2D eigenvalue weighted by Crippen LogP contribution is 2.57. The fourth-order valence-corrected chi connectivity index (χ4v) is 11.5. The fourth-order valence-electron chi connectivity index (χ4n) is 11.5. The average molecular weight is 909 g/mol. The predicted octanol–water partition coefficient (Wildman–Crippen LogP) is 16.3. The van der Waals surface area contributed by atoms with Gasteiger partial charge in [-0.25, -0.2) is 4.98 Å². The summed E-state index contributed by atoms with van der Waals surface area (Å²) in [5.41, 5.74) is 14.6. The van der Waals surface area contributed by atoms with E-state index in [0.717, 1.165) is 89.7 Å². The van der Waals surface area contributed by atoms with Gasteiger partial charge in [-0.2, -0.15) is 0 Å². The molecule has 14 rings (SSSR count). The Morgan fingerprint density at radius 2 is 0.831 bits per heavy atom. The first-order valence-electron chi connectivity index (χ1n) is 24.2. The molecule has 0 atom stereocenters. The van der Waals surface area contributed by atoms with Gasteiger partial charge in [0.15, 0.2) is 0 Å². The normalized spacial score (nSPS) is 12.9. The van der Waals surface area contributed by atoms with Crippen LogP contribution >= 0.6 is 0 Å². The first-order valence-corrected chi connectivity index (χ1v) is 24.2. The summed E-state index contributed by atoms with van der Waals surface area (Å²) in [6, 6.07) is 91.6. The minimum absolute atomic E-state index is 0.654. The van der Waals surface area contributed by atoms with Crippen molar-refractivity contribution < 1.29 is 0 Å². The molecule has 0 saturated heterocycles. The van der Waals surface area contributed by atoms with Gasteiger partial charge < -0.3 is 9.47 Å². The third-order valence-corrected chi connectivity index (χ3v) is 14.4. The van der Waals surface area contributed by atoms with Gasteiger partial charge in [-0.05, 0) is 95.1 Å². The van der Waals surface area contributed by atoms with Crippen molar-refractivity contribution in [2.24, 2.45) is 0 Å². The van der Waals surface area contributed by atoms with E-state index in [0.29, 0.717) is 0 Å². The molecule has 6 nitrogen and oxygen atoms in total. The minimum atomic E-state index is -0.654. The van der Waals surface area contributed by atoms with Crippen molar-refractivity contribution in [1.82, 2.24) is 19.1 Å². The Labute approximate surface area is 411 Å². The highest BCUT2D eigenvalue weighted by atomic mass is 15.2. The maximum absolute atomic E-state index is 5.85. The Morgan fingerprint density at radius 1 is 0.352 bits per heavy atom. The number of pyridine rings is 2. The third kappa shape index (κ3) is 6.21. The van der Waals surface area contributed by atoms with Gasteiger partial charge in [0.2, 0.25) is 0 Å². The van der Waals surface area contributed by atoms with E-state index in [1.54, 1.807) is 0 Å². The fraction of sp³-hybridized carbons (Fsp3) is 0.0154. The van der Waals surface area contributed by atoms with Gasteiger partial charge in [-0.3, -0.25) is 14.5 Å². The predicted molar refractivity (Wildman–Crippen MR) is 292 cm³/mol. The smallest absolute Gasteiger partial charge is 0.142 e. The largest absolute Gasteiger partial charge is 0.310 e. The van der Waals surface area contributed by atoms with Gasteiger partial charge in [0.25, 0.3) is 0 Å². The summed E-state index contributed by atoms with van der Waals surface area (Å²) in [7, 11) is 0. The zero-order chi connectivity index (χ0) is 46.9. The number of fused-ring (bicyclic) bond motifs is 8. The van der Waals surface area contributed by atoms with E-state index in [1.165, 1.54) is 21.9 Å². The molecule has 0 radical (unpaired) electrons. The molecule has 0 aliphatic carbocycles. The molecule has 0 amide bonds. The second kappa shape index (κ2) is 16.3. The lowest BCUT2D eigenvalue weighted by molar-refractivity contribution is 0.727. The minimum Gasteiger partial charge on any atom is -0.310 e. The van der Waals surface area contributed by atoms with Crippen molar-refractivity contribution in [1.29, 1.82) is 0 Å². The van der Waals surface area contributed by atoms with Crippen molar-refractivity contribution in [3.8, 4) is 11.5 Å². The second-order valence-electron chi connectivity index (χ2n) is 18.2. The summed E-state index contributed by atoms with van der Waals surface area (Å²) >= 11 is 0. The van der Waals surface area contributed by atoms with Crippen LogP contribution in [0.4, 0.5) is 34.3 Å². The molecule has 9 aromatic carbocycles. The number of hydrogen-bond acceptors (Lipinski definition) is 4. The highest BCUT2D eigenvalue weighted by molar-refractivity contribution is 6.11. The Kier molecular flexibility index (Phi) is 9.32. The molecule has 6 heteroatoms. The molecular formula is C65H44N6. The van der Waals surface area contributed by atoms with Crippen LogP contribution in [-0.4, -0.2) is 19.1 Å². The SMILES string of the molecule is c1ccc(N(c2ccccc2)c2ccc3c(c2)c2ccccc2n3-c2cc(-n3c4ccccc4c4ccccc43)cc(N3c4ccccc4C(c4ccccc4)(c4ccccc4)c4ccncc43)n2)cc1. The van der Waals surface area contributed by atoms with E-state index < -0.39 is 5.41 Å². The molecule has 1 aliphatic heterocycles. The van der Waals surface area contributed by atoms with Gasteiger partial charge in [-0.15, -0.1) is 0 Å². The summed E-state index contributed by atoms with van der Waals surface area (Å²) in [6.45, 7) is 0. The number of aromatic nitrogens is 4. The number of benzene rings is 9. The Morgan fingerprint density at radius 3 is 1.45 bits per heavy atom. The molecule has 1 aliphatic rings. The molecule has 0 spiro atoms. The van der Waals surface area contributed by atoms with E-state index >= 15 is 0 Å².